The number of rotatable bonds is 9. The predicted molar refractivity (Wildman–Crippen MR) is 294 cm³/mol. The van der Waals surface area contributed by atoms with Crippen molar-refractivity contribution in [3.05, 3.63) is 241 Å². The summed E-state index contributed by atoms with van der Waals surface area (Å²) in [5.74, 6) is -0.270. The van der Waals surface area contributed by atoms with Crippen LogP contribution in [0.2, 0.25) is 0 Å². The van der Waals surface area contributed by atoms with Crippen LogP contribution in [-0.4, -0.2) is 39.9 Å². The van der Waals surface area contributed by atoms with E-state index in [9.17, 15) is 20.4 Å². The number of benzene rings is 11. The molecule has 11 aromatic rings. The minimum atomic E-state index is -0.0849. The first-order valence-corrected chi connectivity index (χ1v) is 23.8. The number of hydrogen-bond donors (Lipinski definition) is 0. The Morgan fingerprint density at radius 2 is 0.649 bits per heavy atom. The number of hydrogen-bond acceptors (Lipinski definition) is 8. The van der Waals surface area contributed by atoms with Gasteiger partial charge in [-0.25, -0.2) is 0 Å². The van der Waals surface area contributed by atoms with Gasteiger partial charge in [-0.1, -0.05) is 218 Å². The largest absolute Gasteiger partial charge is 4.00 e. The molecule has 11 aromatic carbocycles. The van der Waals surface area contributed by atoms with Crippen molar-refractivity contribution in [3.63, 3.8) is 0 Å². The van der Waals surface area contributed by atoms with Crippen molar-refractivity contribution < 1.29 is 51.6 Å². The van der Waals surface area contributed by atoms with Crippen LogP contribution in [-0.2, 0) is 31.2 Å². The Labute approximate surface area is 446 Å². The zero-order valence-corrected chi connectivity index (χ0v) is 42.8. The second kappa shape index (κ2) is 26.4. The van der Waals surface area contributed by atoms with E-state index in [4.69, 9.17) is 0 Å². The van der Waals surface area contributed by atoms with Crippen LogP contribution in [0.25, 0.3) is 65.3 Å². The van der Waals surface area contributed by atoms with Gasteiger partial charge < -0.3 is 29.9 Å². The number of fused-ring (bicyclic) bond motifs is 4. The van der Waals surface area contributed by atoms with E-state index in [0.717, 1.165) is 54.2 Å². The molecule has 0 aliphatic heterocycles. The third kappa shape index (κ3) is 13.0. The molecule has 0 aliphatic carbocycles. The fourth-order valence-electron chi connectivity index (χ4n) is 8.43. The summed E-state index contributed by atoms with van der Waals surface area (Å²) in [5.41, 5.74) is 6.50. The van der Waals surface area contributed by atoms with Crippen LogP contribution in [0.3, 0.4) is 0 Å². The summed E-state index contributed by atoms with van der Waals surface area (Å²) in [6, 6.07) is 70.2. The molecule has 0 saturated carbocycles. The number of para-hydroxylation sites is 2. The van der Waals surface area contributed by atoms with Gasteiger partial charge in [0.1, 0.15) is 0 Å². The van der Waals surface area contributed by atoms with E-state index in [0.29, 0.717) is 46.8 Å². The Morgan fingerprint density at radius 3 is 0.986 bits per heavy atom. The maximum Gasteiger partial charge on any atom is 4.00 e. The third-order valence-electron chi connectivity index (χ3n) is 12.1. The molecule has 0 unspecified atom stereocenters. The van der Waals surface area contributed by atoms with E-state index in [1.165, 1.54) is 17.7 Å². The average Bonchev–Trinajstić information content (AvgIpc) is 3.43. The molecular weight excluding hydrogens is 953 g/mol. The van der Waals surface area contributed by atoms with E-state index in [1.807, 2.05) is 164 Å². The maximum atomic E-state index is 13.1. The Bertz CT molecular complexity index is 3470. The molecular formula is C65H52N2O6Ti. The van der Waals surface area contributed by atoms with Gasteiger partial charge >= 0.3 is 21.7 Å². The van der Waals surface area contributed by atoms with Crippen LogP contribution >= 0.6 is 0 Å². The van der Waals surface area contributed by atoms with Crippen LogP contribution < -0.4 is 20.4 Å². The normalized spacial score (nSPS) is 10.9. The molecule has 0 heterocycles. The molecule has 74 heavy (non-hydrogen) atoms. The smallest absolute Gasteiger partial charge is 0.872 e. The van der Waals surface area contributed by atoms with Crippen molar-refractivity contribution in [2.45, 2.75) is 6.92 Å². The minimum absolute atomic E-state index is 0. The Hall–Kier alpha value is -8.37. The summed E-state index contributed by atoms with van der Waals surface area (Å²) in [5, 5.41) is 58.1. The Kier molecular flexibility index (Phi) is 19.0. The second-order valence-corrected chi connectivity index (χ2v) is 16.9. The van der Waals surface area contributed by atoms with Crippen LogP contribution in [0.4, 0.5) is 11.4 Å². The molecule has 362 valence electrons. The van der Waals surface area contributed by atoms with Crippen molar-refractivity contribution in [2.24, 2.45) is 9.98 Å². The second-order valence-electron chi connectivity index (χ2n) is 16.9. The van der Waals surface area contributed by atoms with E-state index in [2.05, 4.69) is 38.5 Å². The van der Waals surface area contributed by atoms with Gasteiger partial charge in [-0.15, -0.1) is 23.0 Å². The van der Waals surface area contributed by atoms with Crippen molar-refractivity contribution in [1.82, 2.24) is 0 Å². The molecule has 0 N–H and O–H groups in total. The van der Waals surface area contributed by atoms with Gasteiger partial charge in [-0.3, -0.25) is 9.98 Å². The zero-order chi connectivity index (χ0) is 50.9. The molecule has 8 nitrogen and oxygen atoms in total. The summed E-state index contributed by atoms with van der Waals surface area (Å²) < 4.78 is 9.31. The molecule has 0 aliphatic rings. The van der Waals surface area contributed by atoms with Crippen molar-refractivity contribution >= 4 is 66.9 Å². The topological polar surface area (TPSA) is 135 Å². The minimum Gasteiger partial charge on any atom is -0.872 e. The summed E-state index contributed by atoms with van der Waals surface area (Å²) in [6.07, 6.45) is 3.15. The van der Waals surface area contributed by atoms with E-state index < -0.39 is 0 Å². The average molecular weight is 1010 g/mol. The molecule has 0 fully saturated rings. The number of nitrogens with zero attached hydrogens (tertiary/aromatic N) is 2. The summed E-state index contributed by atoms with van der Waals surface area (Å²) in [7, 11) is 3.30. The van der Waals surface area contributed by atoms with Crippen LogP contribution in [0.1, 0.15) is 16.7 Å². The van der Waals surface area contributed by atoms with Crippen LogP contribution in [0, 0.1) is 6.92 Å². The molecule has 0 spiro atoms. The molecule has 0 atom stereocenters. The van der Waals surface area contributed by atoms with Gasteiger partial charge in [0.05, 0.1) is 24.6 Å². The van der Waals surface area contributed by atoms with Gasteiger partial charge in [-0.05, 0) is 84.4 Å². The summed E-state index contributed by atoms with van der Waals surface area (Å²) in [6.45, 7) is 3.47. The first kappa shape index (κ1) is 53.4. The first-order chi connectivity index (χ1) is 35.7. The van der Waals surface area contributed by atoms with Gasteiger partial charge in [0.15, 0.2) is 0 Å². The summed E-state index contributed by atoms with van der Waals surface area (Å²) >= 11 is 0. The van der Waals surface area contributed by atoms with Gasteiger partial charge in [0.2, 0.25) is 0 Å². The number of methoxy groups -OCH3 is 2. The van der Waals surface area contributed by atoms with Gasteiger partial charge in [0.25, 0.3) is 0 Å². The molecule has 0 radical (unpaired) electrons. The first-order valence-electron chi connectivity index (χ1n) is 23.8. The van der Waals surface area contributed by atoms with E-state index in [1.54, 1.807) is 63.0 Å². The predicted octanol–water partition coefficient (Wildman–Crippen LogP) is 13.4. The standard InChI is InChI=1S/2C27H19NO2.C7H8.C4H10O2.Ti/c2*29-24-12-6-3-9-20(24)17-28-23-15-13-18-7-1-4-10-21(18)26(23)27-22-11-5-2-8-19(22)14-16-25(27)30;1-7-5-3-2-4-6-7;1-5-3-4-6-2;/h2*1-17,29-30H;2-6H,1H3;3-4H2,1-2H3;/q;;;;+4/p-4. The van der Waals surface area contributed by atoms with Crippen molar-refractivity contribution in [1.29, 1.82) is 0 Å². The fourth-order valence-corrected chi connectivity index (χ4v) is 8.43. The number of aliphatic imine (C=N–C) groups is 2. The SMILES string of the molecule is COCCOC.Cc1ccccc1.[O-]c1ccccc1C=Nc1ccc2ccccc2c1-c1c([O-])ccc2ccccc12.[O-]c1ccccc1C=Nc1ccc2ccccc2c1-c1c([O-])ccc2ccccc12.[Ti+4]. The fraction of sp³-hybridized carbons (Fsp3) is 0.0769. The number of ether oxygens (including phenoxy) is 2. The van der Waals surface area contributed by atoms with Crippen LogP contribution in [0.15, 0.2) is 234 Å². The monoisotopic (exact) mass is 1000 g/mol. The maximum absolute atomic E-state index is 13.1. The van der Waals surface area contributed by atoms with Gasteiger partial charge in [-0.2, -0.15) is 0 Å². The Morgan fingerprint density at radius 1 is 0.338 bits per heavy atom. The quantitative estimate of drug-likeness (QED) is 0.0802. The Balaban J connectivity index is 0.000000172. The summed E-state index contributed by atoms with van der Waals surface area (Å²) in [4.78, 5) is 9.30. The molecule has 0 amide bonds. The molecule has 9 heteroatoms. The van der Waals surface area contributed by atoms with E-state index in [-0.39, 0.29) is 44.7 Å². The third-order valence-corrected chi connectivity index (χ3v) is 12.1. The van der Waals surface area contributed by atoms with E-state index >= 15 is 0 Å². The molecule has 0 bridgehead atoms. The van der Waals surface area contributed by atoms with Gasteiger partial charge in [0, 0.05) is 37.8 Å². The molecule has 0 aromatic heterocycles. The zero-order valence-electron chi connectivity index (χ0n) is 41.3. The van der Waals surface area contributed by atoms with Crippen molar-refractivity contribution in [3.8, 4) is 45.3 Å². The van der Waals surface area contributed by atoms with Crippen molar-refractivity contribution in [2.75, 3.05) is 27.4 Å². The molecule has 0 saturated heterocycles. The molecule has 11 rings (SSSR count). The van der Waals surface area contributed by atoms with Crippen LogP contribution in [0.5, 0.6) is 23.0 Å². The number of aryl methyl sites for hydroxylation is 1.